The molecule has 6 nitrogen and oxygen atoms in total. The van der Waals surface area contributed by atoms with Crippen LogP contribution in [0.15, 0.2) is 60.7 Å². The lowest BCUT2D eigenvalue weighted by Gasteiger charge is -2.24. The third kappa shape index (κ3) is 5.59. The van der Waals surface area contributed by atoms with E-state index in [2.05, 4.69) is 5.32 Å². The molecule has 1 aliphatic rings. The number of aliphatic carboxylic acids is 1. The standard InChI is InChI=1S/C25H21Cl2NO5/c26-17-5-1-15(2-6-17)9-11-28-24(29)16-3-7-18(8-4-16)33-23-14-22-20(13-21(23)27)19(25(30)31)10-12-32-22/h1-8,13-14,19H,9-12H2,(H,28,29)(H,30,31). The first-order valence-electron chi connectivity index (χ1n) is 10.4. The van der Waals surface area contributed by atoms with Crippen molar-refractivity contribution in [3.05, 3.63) is 87.4 Å². The summed E-state index contributed by atoms with van der Waals surface area (Å²) < 4.78 is 11.5. The maximum absolute atomic E-state index is 12.4. The molecular formula is C25H21Cl2NO5. The maximum Gasteiger partial charge on any atom is 0.311 e. The van der Waals surface area contributed by atoms with Gasteiger partial charge in [0.15, 0.2) is 0 Å². The van der Waals surface area contributed by atoms with Crippen molar-refractivity contribution in [2.45, 2.75) is 18.8 Å². The van der Waals surface area contributed by atoms with E-state index in [0.717, 1.165) is 5.56 Å². The third-order valence-corrected chi connectivity index (χ3v) is 5.91. The zero-order valence-corrected chi connectivity index (χ0v) is 19.0. The Kier molecular flexibility index (Phi) is 7.06. The Morgan fingerprint density at radius 1 is 1.06 bits per heavy atom. The highest BCUT2D eigenvalue weighted by Gasteiger charge is 2.29. The lowest BCUT2D eigenvalue weighted by molar-refractivity contribution is -0.139. The average molecular weight is 486 g/mol. The molecule has 8 heteroatoms. The molecule has 0 saturated heterocycles. The van der Waals surface area contributed by atoms with Crippen LogP contribution in [0.3, 0.4) is 0 Å². The summed E-state index contributed by atoms with van der Waals surface area (Å²) >= 11 is 12.2. The molecule has 1 heterocycles. The van der Waals surface area contributed by atoms with Crippen LogP contribution in [0.25, 0.3) is 0 Å². The quantitative estimate of drug-likeness (QED) is 0.447. The highest BCUT2D eigenvalue weighted by atomic mass is 35.5. The van der Waals surface area contributed by atoms with Crippen molar-refractivity contribution in [3.63, 3.8) is 0 Å². The number of carbonyl (C=O) groups is 2. The second kappa shape index (κ2) is 10.1. The van der Waals surface area contributed by atoms with E-state index >= 15 is 0 Å². The molecule has 1 atom stereocenters. The predicted molar refractivity (Wildman–Crippen MR) is 126 cm³/mol. The normalized spacial score (nSPS) is 14.7. The van der Waals surface area contributed by atoms with Crippen LogP contribution in [-0.2, 0) is 11.2 Å². The number of hydrogen-bond acceptors (Lipinski definition) is 4. The summed E-state index contributed by atoms with van der Waals surface area (Å²) in [6, 6.07) is 17.4. The number of carboxylic acid groups (broad SMARTS) is 1. The van der Waals surface area contributed by atoms with Gasteiger partial charge in [-0.1, -0.05) is 35.3 Å². The Morgan fingerprint density at radius 2 is 1.79 bits per heavy atom. The van der Waals surface area contributed by atoms with Gasteiger partial charge in [-0.2, -0.15) is 0 Å². The molecule has 1 unspecified atom stereocenters. The van der Waals surface area contributed by atoms with E-state index in [9.17, 15) is 14.7 Å². The number of carbonyl (C=O) groups excluding carboxylic acids is 1. The molecule has 0 fully saturated rings. The van der Waals surface area contributed by atoms with Gasteiger partial charge < -0.3 is 19.9 Å². The number of halogens is 2. The zero-order valence-electron chi connectivity index (χ0n) is 17.5. The van der Waals surface area contributed by atoms with Gasteiger partial charge in [-0.3, -0.25) is 9.59 Å². The van der Waals surface area contributed by atoms with E-state index in [1.54, 1.807) is 36.4 Å². The van der Waals surface area contributed by atoms with Crippen molar-refractivity contribution in [1.29, 1.82) is 0 Å². The predicted octanol–water partition coefficient (Wildman–Crippen LogP) is 5.71. The minimum Gasteiger partial charge on any atom is -0.493 e. The van der Waals surface area contributed by atoms with Crippen LogP contribution in [0.5, 0.6) is 17.2 Å². The number of nitrogens with one attached hydrogen (secondary N) is 1. The molecule has 3 aromatic rings. The van der Waals surface area contributed by atoms with E-state index in [4.69, 9.17) is 32.7 Å². The Bertz CT molecular complexity index is 1160. The van der Waals surface area contributed by atoms with E-state index in [1.165, 1.54) is 0 Å². The molecule has 33 heavy (non-hydrogen) atoms. The van der Waals surface area contributed by atoms with Crippen molar-refractivity contribution in [2.24, 2.45) is 0 Å². The second-order valence-electron chi connectivity index (χ2n) is 7.61. The van der Waals surface area contributed by atoms with Crippen LogP contribution in [0.4, 0.5) is 0 Å². The first-order chi connectivity index (χ1) is 15.9. The highest BCUT2D eigenvalue weighted by Crippen LogP contribution is 2.41. The summed E-state index contributed by atoms with van der Waals surface area (Å²) in [6.07, 6.45) is 1.09. The highest BCUT2D eigenvalue weighted by molar-refractivity contribution is 6.32. The monoisotopic (exact) mass is 485 g/mol. The Balaban J connectivity index is 1.38. The van der Waals surface area contributed by atoms with Crippen LogP contribution < -0.4 is 14.8 Å². The number of fused-ring (bicyclic) bond motifs is 1. The van der Waals surface area contributed by atoms with Gasteiger partial charge in [0.2, 0.25) is 0 Å². The number of rotatable bonds is 7. The lowest BCUT2D eigenvalue weighted by Crippen LogP contribution is -2.25. The molecule has 0 aromatic heterocycles. The summed E-state index contributed by atoms with van der Waals surface area (Å²) in [5.41, 5.74) is 2.13. The van der Waals surface area contributed by atoms with Gasteiger partial charge in [0.1, 0.15) is 17.2 Å². The van der Waals surface area contributed by atoms with Crippen LogP contribution in [-0.4, -0.2) is 30.1 Å². The SMILES string of the molecule is O=C(NCCc1ccc(Cl)cc1)c1ccc(Oc2cc3c(cc2Cl)C(C(=O)O)CCO3)cc1. The van der Waals surface area contributed by atoms with Gasteiger partial charge in [0.25, 0.3) is 5.91 Å². The topological polar surface area (TPSA) is 84.9 Å². The van der Waals surface area contributed by atoms with Crippen LogP contribution in [0, 0.1) is 0 Å². The van der Waals surface area contributed by atoms with Crippen molar-refractivity contribution in [1.82, 2.24) is 5.32 Å². The Hall–Kier alpha value is -3.22. The molecule has 2 N–H and O–H groups in total. The van der Waals surface area contributed by atoms with E-state index in [1.807, 2.05) is 24.3 Å². The molecule has 4 rings (SSSR count). The van der Waals surface area contributed by atoms with Crippen molar-refractivity contribution >= 4 is 35.1 Å². The first kappa shape index (κ1) is 23.0. The smallest absolute Gasteiger partial charge is 0.311 e. The van der Waals surface area contributed by atoms with Gasteiger partial charge >= 0.3 is 5.97 Å². The van der Waals surface area contributed by atoms with Gasteiger partial charge in [-0.15, -0.1) is 0 Å². The summed E-state index contributed by atoms with van der Waals surface area (Å²) in [5, 5.41) is 13.3. The Labute approximate surface area is 201 Å². The number of ether oxygens (including phenoxy) is 2. The van der Waals surface area contributed by atoms with E-state index in [-0.39, 0.29) is 10.9 Å². The summed E-state index contributed by atoms with van der Waals surface area (Å²) in [4.78, 5) is 23.9. The lowest BCUT2D eigenvalue weighted by atomic mass is 9.93. The molecule has 0 aliphatic carbocycles. The number of hydrogen-bond donors (Lipinski definition) is 2. The molecule has 0 saturated carbocycles. The molecule has 1 aliphatic heterocycles. The van der Waals surface area contributed by atoms with Gasteiger partial charge in [0, 0.05) is 28.8 Å². The second-order valence-corrected chi connectivity index (χ2v) is 8.45. The van der Waals surface area contributed by atoms with Crippen molar-refractivity contribution in [3.8, 4) is 17.2 Å². The fourth-order valence-corrected chi connectivity index (χ4v) is 3.94. The Morgan fingerprint density at radius 3 is 2.48 bits per heavy atom. The minimum atomic E-state index is -0.911. The average Bonchev–Trinajstić information content (AvgIpc) is 2.81. The molecule has 0 bridgehead atoms. The molecule has 1 amide bonds. The number of benzene rings is 3. The number of carboxylic acids is 1. The van der Waals surface area contributed by atoms with E-state index < -0.39 is 11.9 Å². The fourth-order valence-electron chi connectivity index (χ4n) is 3.60. The van der Waals surface area contributed by atoms with E-state index in [0.29, 0.717) is 59.4 Å². The molecule has 170 valence electrons. The van der Waals surface area contributed by atoms with Crippen LogP contribution >= 0.6 is 23.2 Å². The van der Waals surface area contributed by atoms with Crippen molar-refractivity contribution < 1.29 is 24.2 Å². The third-order valence-electron chi connectivity index (χ3n) is 5.36. The van der Waals surface area contributed by atoms with Crippen LogP contribution in [0.2, 0.25) is 10.0 Å². The molecule has 0 radical (unpaired) electrons. The fraction of sp³-hybridized carbons (Fsp3) is 0.200. The molecule has 0 spiro atoms. The van der Waals surface area contributed by atoms with Crippen LogP contribution in [0.1, 0.15) is 33.8 Å². The number of amides is 1. The maximum atomic E-state index is 12.4. The van der Waals surface area contributed by atoms with Crippen molar-refractivity contribution in [2.75, 3.05) is 13.2 Å². The largest absolute Gasteiger partial charge is 0.493 e. The summed E-state index contributed by atoms with van der Waals surface area (Å²) in [7, 11) is 0. The first-order valence-corrected chi connectivity index (χ1v) is 11.2. The van der Waals surface area contributed by atoms with Gasteiger partial charge in [0.05, 0.1) is 17.5 Å². The zero-order chi connectivity index (χ0) is 23.4. The molecular weight excluding hydrogens is 465 g/mol. The molecule has 3 aromatic carbocycles. The summed E-state index contributed by atoms with van der Waals surface area (Å²) in [6.45, 7) is 0.813. The minimum absolute atomic E-state index is 0.185. The van der Waals surface area contributed by atoms with Gasteiger partial charge in [-0.25, -0.2) is 0 Å². The summed E-state index contributed by atoms with van der Waals surface area (Å²) in [5.74, 6) is -0.467. The van der Waals surface area contributed by atoms with Gasteiger partial charge in [-0.05, 0) is 60.9 Å².